The van der Waals surface area contributed by atoms with Gasteiger partial charge in [-0.15, -0.1) is 0 Å². The zero-order valence-corrected chi connectivity index (χ0v) is 17.1. The average molecular weight is 422 g/mol. The van der Waals surface area contributed by atoms with Gasteiger partial charge in [0, 0.05) is 18.2 Å². The summed E-state index contributed by atoms with van der Waals surface area (Å²) in [6.07, 6.45) is 2.27. The minimum atomic E-state index is -3.80. The molecule has 9 heteroatoms. The highest BCUT2D eigenvalue weighted by Crippen LogP contribution is 2.34. The van der Waals surface area contributed by atoms with Gasteiger partial charge in [0.25, 0.3) is 5.91 Å². The van der Waals surface area contributed by atoms with Crippen LogP contribution in [0.2, 0.25) is 0 Å². The van der Waals surface area contributed by atoms with Crippen molar-refractivity contribution in [2.24, 2.45) is 11.1 Å². The number of nitrogens with two attached hydrogens (primary N) is 1. The van der Waals surface area contributed by atoms with Gasteiger partial charge in [0.05, 0.1) is 9.77 Å². The third-order valence-corrected chi connectivity index (χ3v) is 7.51. The summed E-state index contributed by atoms with van der Waals surface area (Å²) in [4.78, 5) is 15.7. The molecule has 2 aromatic rings. The number of sulfonamides is 1. The number of rotatable bonds is 5. The van der Waals surface area contributed by atoms with Crippen LogP contribution >= 0.6 is 11.3 Å². The van der Waals surface area contributed by atoms with Crippen LogP contribution < -0.4 is 15.2 Å². The van der Waals surface area contributed by atoms with E-state index in [4.69, 9.17) is 9.88 Å². The topological polar surface area (TPSA) is 102 Å². The van der Waals surface area contributed by atoms with Gasteiger partial charge < -0.3 is 10.1 Å². The summed E-state index contributed by atoms with van der Waals surface area (Å²) in [5.74, 6) is 0.802. The van der Waals surface area contributed by atoms with Gasteiger partial charge in [-0.25, -0.2) is 13.6 Å². The fourth-order valence-corrected chi connectivity index (χ4v) is 5.42. The Morgan fingerprint density at radius 2 is 2.00 bits per heavy atom. The van der Waals surface area contributed by atoms with Crippen molar-refractivity contribution in [1.82, 2.24) is 10.2 Å². The highest BCUT2D eigenvalue weighted by molar-refractivity contribution is 7.89. The average Bonchev–Trinajstić information content (AvgIpc) is 3.13. The Kier molecular flexibility index (Phi) is 5.17. The molecule has 1 amide bonds. The molecule has 3 fully saturated rings. The van der Waals surface area contributed by atoms with Crippen LogP contribution in [0.5, 0.6) is 10.8 Å². The van der Waals surface area contributed by atoms with Crippen molar-refractivity contribution < 1.29 is 17.9 Å². The summed E-state index contributed by atoms with van der Waals surface area (Å²) in [7, 11) is -3.80. The second-order valence-corrected chi connectivity index (χ2v) is 9.96. The van der Waals surface area contributed by atoms with E-state index in [0.717, 1.165) is 25.9 Å². The first-order valence-electron chi connectivity index (χ1n) is 9.27. The third-order valence-electron chi connectivity index (χ3n) is 5.63. The Hall–Kier alpha value is -1.94. The fraction of sp³-hybridized carbons (Fsp3) is 0.421. The lowest BCUT2D eigenvalue weighted by Gasteiger charge is -2.49. The first kappa shape index (κ1) is 19.4. The number of amides is 1. The Morgan fingerprint density at radius 3 is 2.68 bits per heavy atom. The van der Waals surface area contributed by atoms with Crippen molar-refractivity contribution in [3.63, 3.8) is 0 Å². The smallest absolute Gasteiger partial charge is 0.261 e. The molecule has 0 spiro atoms. The predicted octanol–water partition coefficient (Wildman–Crippen LogP) is 2.40. The number of carbonyl (C=O) groups excluding carboxylic acids is 1. The number of hydrogen-bond acceptors (Lipinski definition) is 6. The SMILES string of the molecule is CC1C(NC(=O)c2ccc(Oc3cccc(S(N)(=O)=O)c3)s2)C2CCN1CC2. The van der Waals surface area contributed by atoms with Crippen molar-refractivity contribution >= 4 is 27.3 Å². The second-order valence-electron chi connectivity index (χ2n) is 7.35. The third kappa shape index (κ3) is 3.93. The van der Waals surface area contributed by atoms with Crippen LogP contribution in [0.25, 0.3) is 0 Å². The van der Waals surface area contributed by atoms with Gasteiger partial charge in [-0.05, 0) is 63.0 Å². The van der Waals surface area contributed by atoms with Crippen LogP contribution in [0.4, 0.5) is 0 Å². The molecule has 3 saturated heterocycles. The maximum Gasteiger partial charge on any atom is 0.261 e. The minimum Gasteiger partial charge on any atom is -0.447 e. The standard InChI is InChI=1S/C19H23N3O4S2/c1-12-18(13-7-9-22(12)10-8-13)21-19(23)16-5-6-17(27-16)26-14-3-2-4-15(11-14)28(20,24)25/h2-6,11-13,18H,7-10H2,1H3,(H,21,23)(H2,20,24,25). The molecule has 0 aliphatic carbocycles. The lowest BCUT2D eigenvalue weighted by molar-refractivity contribution is 0.0218. The molecule has 7 nitrogen and oxygen atoms in total. The van der Waals surface area contributed by atoms with Crippen LogP contribution in [0.1, 0.15) is 29.4 Å². The number of primary sulfonamides is 1. The quantitative estimate of drug-likeness (QED) is 0.772. The van der Waals surface area contributed by atoms with Crippen LogP contribution in [0.15, 0.2) is 41.3 Å². The summed E-state index contributed by atoms with van der Waals surface area (Å²) in [6.45, 7) is 4.41. The molecule has 3 aliphatic heterocycles. The molecular weight excluding hydrogens is 398 g/mol. The summed E-state index contributed by atoms with van der Waals surface area (Å²) in [5.41, 5.74) is 0. The van der Waals surface area contributed by atoms with E-state index in [2.05, 4.69) is 17.1 Å². The highest BCUT2D eigenvalue weighted by atomic mass is 32.2. The summed E-state index contributed by atoms with van der Waals surface area (Å²) in [5, 5.41) is 8.87. The van der Waals surface area contributed by atoms with Crippen molar-refractivity contribution in [2.75, 3.05) is 13.1 Å². The number of thiophene rings is 1. The summed E-state index contributed by atoms with van der Waals surface area (Å²) < 4.78 is 28.7. The number of hydrogen-bond donors (Lipinski definition) is 2. The number of carbonyl (C=O) groups is 1. The van der Waals surface area contributed by atoms with E-state index in [-0.39, 0.29) is 16.8 Å². The van der Waals surface area contributed by atoms with E-state index in [0.29, 0.717) is 27.6 Å². The minimum absolute atomic E-state index is 0.0177. The highest BCUT2D eigenvalue weighted by Gasteiger charge is 2.40. The maximum atomic E-state index is 12.7. The predicted molar refractivity (Wildman–Crippen MR) is 107 cm³/mol. The molecule has 2 atom stereocenters. The van der Waals surface area contributed by atoms with Crippen LogP contribution in [-0.4, -0.2) is 44.4 Å². The van der Waals surface area contributed by atoms with Crippen molar-refractivity contribution in [1.29, 1.82) is 0 Å². The molecule has 1 aromatic heterocycles. The molecule has 0 saturated carbocycles. The van der Waals surface area contributed by atoms with Gasteiger partial charge in [-0.2, -0.15) is 0 Å². The number of fused-ring (bicyclic) bond motifs is 3. The van der Waals surface area contributed by atoms with Gasteiger partial charge in [0.2, 0.25) is 10.0 Å². The van der Waals surface area contributed by atoms with Crippen molar-refractivity contribution in [2.45, 2.75) is 36.7 Å². The Bertz CT molecular complexity index is 979. The number of nitrogens with zero attached hydrogens (tertiary/aromatic N) is 1. The van der Waals surface area contributed by atoms with Gasteiger partial charge >= 0.3 is 0 Å². The van der Waals surface area contributed by atoms with E-state index >= 15 is 0 Å². The molecule has 1 aromatic carbocycles. The zero-order valence-electron chi connectivity index (χ0n) is 15.5. The molecule has 3 N–H and O–H groups in total. The first-order chi connectivity index (χ1) is 13.3. The molecule has 150 valence electrons. The molecule has 2 bridgehead atoms. The fourth-order valence-electron chi connectivity index (χ4n) is 4.10. The van der Waals surface area contributed by atoms with Gasteiger partial charge in [-0.3, -0.25) is 9.69 Å². The van der Waals surface area contributed by atoms with Gasteiger partial charge in [0.15, 0.2) is 5.06 Å². The van der Waals surface area contributed by atoms with Gasteiger partial charge in [0.1, 0.15) is 5.75 Å². The van der Waals surface area contributed by atoms with E-state index in [1.54, 1.807) is 24.3 Å². The Labute approximate surface area is 168 Å². The van der Waals surface area contributed by atoms with Crippen LogP contribution in [0, 0.1) is 5.92 Å². The molecule has 4 heterocycles. The van der Waals surface area contributed by atoms with E-state index in [1.165, 1.54) is 23.5 Å². The normalized spacial score (nSPS) is 26.8. The molecule has 3 aliphatic rings. The zero-order chi connectivity index (χ0) is 19.9. The monoisotopic (exact) mass is 421 g/mol. The lowest BCUT2D eigenvalue weighted by atomic mass is 9.79. The molecule has 28 heavy (non-hydrogen) atoms. The lowest BCUT2D eigenvalue weighted by Crippen LogP contribution is -2.62. The molecule has 5 rings (SSSR count). The summed E-state index contributed by atoms with van der Waals surface area (Å²) >= 11 is 1.23. The second kappa shape index (κ2) is 7.47. The maximum absolute atomic E-state index is 12.7. The molecule has 2 unspecified atom stereocenters. The molecular formula is C19H23N3O4S2. The van der Waals surface area contributed by atoms with E-state index in [1.807, 2.05) is 0 Å². The number of piperidine rings is 3. The van der Waals surface area contributed by atoms with Crippen LogP contribution in [-0.2, 0) is 10.0 Å². The largest absolute Gasteiger partial charge is 0.447 e. The Balaban J connectivity index is 1.44. The Morgan fingerprint density at radius 1 is 1.25 bits per heavy atom. The van der Waals surface area contributed by atoms with Crippen molar-refractivity contribution in [3.05, 3.63) is 41.3 Å². The van der Waals surface area contributed by atoms with E-state index < -0.39 is 10.0 Å². The summed E-state index contributed by atoms with van der Waals surface area (Å²) in [6, 6.07) is 9.94. The number of nitrogens with one attached hydrogen (secondary N) is 1. The van der Waals surface area contributed by atoms with Crippen LogP contribution in [0.3, 0.4) is 0 Å². The van der Waals surface area contributed by atoms with Gasteiger partial charge in [-0.1, -0.05) is 17.4 Å². The van der Waals surface area contributed by atoms with Crippen molar-refractivity contribution in [3.8, 4) is 10.8 Å². The van der Waals surface area contributed by atoms with E-state index in [9.17, 15) is 13.2 Å². The first-order valence-corrected chi connectivity index (χ1v) is 11.6. The number of ether oxygens (including phenoxy) is 1. The number of benzene rings is 1. The molecule has 0 radical (unpaired) electrons.